The predicted octanol–water partition coefficient (Wildman–Crippen LogP) is 2.56. The van der Waals surface area contributed by atoms with Gasteiger partial charge < -0.3 is 11.1 Å². The number of nitrogens with one attached hydrogen (secondary N) is 1. The number of aromatic nitrogens is 1. The van der Waals surface area contributed by atoms with Crippen molar-refractivity contribution in [3.8, 4) is 0 Å². The van der Waals surface area contributed by atoms with Gasteiger partial charge in [-0.05, 0) is 12.1 Å². The Morgan fingerprint density at radius 1 is 1.38 bits per heavy atom. The lowest BCUT2D eigenvalue weighted by molar-refractivity contribution is 0.568. The summed E-state index contributed by atoms with van der Waals surface area (Å²) in [6.45, 7) is 6.26. The molecule has 0 saturated carbocycles. The first-order chi connectivity index (χ1) is 7.38. The van der Waals surface area contributed by atoms with Gasteiger partial charge in [0, 0.05) is 5.41 Å². The molecule has 2 rings (SSSR count). The van der Waals surface area contributed by atoms with E-state index in [9.17, 15) is 0 Å². The number of pyridine rings is 1. The van der Waals surface area contributed by atoms with Gasteiger partial charge in [-0.3, -0.25) is 0 Å². The van der Waals surface area contributed by atoms with Crippen LogP contribution in [0.3, 0.4) is 0 Å². The summed E-state index contributed by atoms with van der Waals surface area (Å²) in [4.78, 5) is 8.69. The molecule has 0 aromatic carbocycles. The lowest BCUT2D eigenvalue weighted by Gasteiger charge is -2.31. The summed E-state index contributed by atoms with van der Waals surface area (Å²) in [6, 6.07) is 3.57. The number of rotatable bonds is 0. The highest BCUT2D eigenvalue weighted by molar-refractivity contribution is 6.29. The standard InChI is InChI=1S/C11H15ClN4/c1-11(2,3)8-9(13)16-10-6(14-8)4-5-7(12)15-10/h4-5,9H,13H2,1-3H3,(H,15,16). The molecule has 0 aliphatic carbocycles. The van der Waals surface area contributed by atoms with E-state index in [1.165, 1.54) is 0 Å². The summed E-state index contributed by atoms with van der Waals surface area (Å²) in [5.41, 5.74) is 7.65. The maximum Gasteiger partial charge on any atom is 0.155 e. The van der Waals surface area contributed by atoms with Gasteiger partial charge in [-0.25, -0.2) is 9.98 Å². The molecule has 1 atom stereocenters. The summed E-state index contributed by atoms with van der Waals surface area (Å²) in [5.74, 6) is 0.646. The van der Waals surface area contributed by atoms with Gasteiger partial charge >= 0.3 is 0 Å². The first-order valence-corrected chi connectivity index (χ1v) is 5.53. The van der Waals surface area contributed by atoms with Gasteiger partial charge in [-0.2, -0.15) is 0 Å². The quantitative estimate of drug-likeness (QED) is 0.683. The van der Waals surface area contributed by atoms with Gasteiger partial charge in [0.1, 0.15) is 17.0 Å². The van der Waals surface area contributed by atoms with Crippen LogP contribution in [-0.4, -0.2) is 16.9 Å². The zero-order chi connectivity index (χ0) is 11.9. The number of anilines is 1. The molecular weight excluding hydrogens is 224 g/mol. The zero-order valence-electron chi connectivity index (χ0n) is 9.58. The first kappa shape index (κ1) is 11.4. The van der Waals surface area contributed by atoms with E-state index in [1.54, 1.807) is 6.07 Å². The van der Waals surface area contributed by atoms with Crippen molar-refractivity contribution in [2.75, 3.05) is 5.32 Å². The number of aliphatic imine (C=N–C) groups is 1. The van der Waals surface area contributed by atoms with Crippen LogP contribution in [0.15, 0.2) is 17.1 Å². The molecule has 0 saturated heterocycles. The monoisotopic (exact) mass is 238 g/mol. The Bertz CT molecular complexity index is 448. The van der Waals surface area contributed by atoms with Crippen molar-refractivity contribution in [2.45, 2.75) is 26.9 Å². The van der Waals surface area contributed by atoms with Crippen LogP contribution in [0.1, 0.15) is 20.8 Å². The van der Waals surface area contributed by atoms with Gasteiger partial charge in [-0.15, -0.1) is 0 Å². The van der Waals surface area contributed by atoms with Crippen LogP contribution in [0.4, 0.5) is 11.5 Å². The number of nitrogens with two attached hydrogens (primary N) is 1. The zero-order valence-corrected chi connectivity index (χ0v) is 10.3. The highest BCUT2D eigenvalue weighted by Crippen LogP contribution is 2.32. The Kier molecular flexibility index (Phi) is 2.64. The molecule has 16 heavy (non-hydrogen) atoms. The third-order valence-corrected chi connectivity index (χ3v) is 2.65. The van der Waals surface area contributed by atoms with Crippen LogP contribution in [0.2, 0.25) is 5.15 Å². The fraction of sp³-hybridized carbons (Fsp3) is 0.455. The third-order valence-electron chi connectivity index (χ3n) is 2.44. The SMILES string of the molecule is CC(C)(C)C1=Nc2ccc(Cl)nc2NC1N. The second-order valence-electron chi connectivity index (χ2n) is 4.87. The van der Waals surface area contributed by atoms with Crippen LogP contribution < -0.4 is 11.1 Å². The van der Waals surface area contributed by atoms with Gasteiger partial charge in [0.15, 0.2) is 5.82 Å². The van der Waals surface area contributed by atoms with Crippen LogP contribution in [0.5, 0.6) is 0 Å². The van der Waals surface area contributed by atoms with Gasteiger partial charge in [0.2, 0.25) is 0 Å². The summed E-state index contributed by atoms with van der Waals surface area (Å²) in [5, 5.41) is 3.55. The lowest BCUT2D eigenvalue weighted by Crippen LogP contribution is -2.46. The van der Waals surface area contributed by atoms with Crippen molar-refractivity contribution in [1.82, 2.24) is 4.98 Å². The van der Waals surface area contributed by atoms with Crippen molar-refractivity contribution in [2.24, 2.45) is 16.1 Å². The number of halogens is 1. The molecule has 0 spiro atoms. The van der Waals surface area contributed by atoms with E-state index in [2.05, 4.69) is 36.1 Å². The smallest absolute Gasteiger partial charge is 0.155 e. The molecule has 1 aromatic rings. The molecule has 1 aliphatic heterocycles. The molecule has 1 aliphatic rings. The first-order valence-electron chi connectivity index (χ1n) is 5.15. The second-order valence-corrected chi connectivity index (χ2v) is 5.26. The summed E-state index contributed by atoms with van der Waals surface area (Å²) < 4.78 is 0. The Balaban J connectivity index is 2.49. The molecule has 0 bridgehead atoms. The molecule has 4 nitrogen and oxygen atoms in total. The van der Waals surface area contributed by atoms with E-state index in [0.717, 1.165) is 11.4 Å². The maximum absolute atomic E-state index is 6.01. The maximum atomic E-state index is 6.01. The lowest BCUT2D eigenvalue weighted by atomic mass is 9.87. The predicted molar refractivity (Wildman–Crippen MR) is 67.4 cm³/mol. The third kappa shape index (κ3) is 2.03. The van der Waals surface area contributed by atoms with E-state index in [0.29, 0.717) is 11.0 Å². The Hall–Kier alpha value is -1.13. The molecule has 0 radical (unpaired) electrons. The highest BCUT2D eigenvalue weighted by atomic mass is 35.5. The largest absolute Gasteiger partial charge is 0.348 e. The Morgan fingerprint density at radius 3 is 2.69 bits per heavy atom. The van der Waals surface area contributed by atoms with Crippen LogP contribution in [0, 0.1) is 5.41 Å². The average molecular weight is 239 g/mol. The van der Waals surface area contributed by atoms with E-state index in [1.807, 2.05) is 6.07 Å². The molecule has 0 amide bonds. The summed E-state index contributed by atoms with van der Waals surface area (Å²) in [7, 11) is 0. The van der Waals surface area contributed by atoms with Gasteiger partial charge in [-0.1, -0.05) is 32.4 Å². The minimum Gasteiger partial charge on any atom is -0.348 e. The normalized spacial score (nSPS) is 19.8. The Morgan fingerprint density at radius 2 is 2.06 bits per heavy atom. The van der Waals surface area contributed by atoms with Crippen LogP contribution in [0.25, 0.3) is 0 Å². The topological polar surface area (TPSA) is 63.3 Å². The molecule has 5 heteroatoms. The van der Waals surface area contributed by atoms with Crippen molar-refractivity contribution in [1.29, 1.82) is 0 Å². The fourth-order valence-corrected chi connectivity index (χ4v) is 1.82. The number of hydrogen-bond donors (Lipinski definition) is 2. The van der Waals surface area contributed by atoms with E-state index in [-0.39, 0.29) is 11.6 Å². The number of nitrogens with zero attached hydrogens (tertiary/aromatic N) is 2. The second kappa shape index (κ2) is 3.71. The molecule has 0 fully saturated rings. The molecule has 1 unspecified atom stereocenters. The highest BCUT2D eigenvalue weighted by Gasteiger charge is 2.29. The van der Waals surface area contributed by atoms with E-state index in [4.69, 9.17) is 17.3 Å². The van der Waals surface area contributed by atoms with Crippen molar-refractivity contribution in [3.05, 3.63) is 17.3 Å². The van der Waals surface area contributed by atoms with Crippen LogP contribution in [-0.2, 0) is 0 Å². The van der Waals surface area contributed by atoms with Crippen molar-refractivity contribution >= 4 is 28.8 Å². The van der Waals surface area contributed by atoms with Crippen LogP contribution >= 0.6 is 11.6 Å². The summed E-state index contributed by atoms with van der Waals surface area (Å²) >= 11 is 5.81. The average Bonchev–Trinajstić information content (AvgIpc) is 2.14. The van der Waals surface area contributed by atoms with Gasteiger partial charge in [0.25, 0.3) is 0 Å². The molecular formula is C11H15ClN4. The van der Waals surface area contributed by atoms with Crippen molar-refractivity contribution < 1.29 is 0 Å². The molecule has 1 aromatic heterocycles. The minimum atomic E-state index is -0.307. The fourth-order valence-electron chi connectivity index (χ4n) is 1.67. The number of hydrogen-bond acceptors (Lipinski definition) is 4. The summed E-state index contributed by atoms with van der Waals surface area (Å²) in [6.07, 6.45) is -0.307. The Labute approximate surface area is 99.9 Å². The minimum absolute atomic E-state index is 0.0657. The molecule has 3 N–H and O–H groups in total. The van der Waals surface area contributed by atoms with E-state index < -0.39 is 0 Å². The number of fused-ring (bicyclic) bond motifs is 1. The molecule has 2 heterocycles. The van der Waals surface area contributed by atoms with E-state index >= 15 is 0 Å². The van der Waals surface area contributed by atoms with Crippen molar-refractivity contribution in [3.63, 3.8) is 0 Å². The molecule has 86 valence electrons. The van der Waals surface area contributed by atoms with Gasteiger partial charge in [0.05, 0.1) is 5.71 Å².